The summed E-state index contributed by atoms with van der Waals surface area (Å²) >= 11 is 0. The Morgan fingerprint density at radius 2 is 1.71 bits per heavy atom. The van der Waals surface area contributed by atoms with Crippen LogP contribution in [0.3, 0.4) is 0 Å². The minimum Gasteiger partial charge on any atom is -0.497 e. The van der Waals surface area contributed by atoms with Crippen LogP contribution in [0.15, 0.2) is 53.5 Å². The smallest absolute Gasteiger partial charge is 0.194 e. The van der Waals surface area contributed by atoms with Gasteiger partial charge in [-0.05, 0) is 43.5 Å². The van der Waals surface area contributed by atoms with Crippen LogP contribution in [-0.4, -0.2) is 46.3 Å². The molecule has 2 aromatic carbocycles. The van der Waals surface area contributed by atoms with Crippen molar-refractivity contribution in [2.75, 3.05) is 20.7 Å². The van der Waals surface area contributed by atoms with Gasteiger partial charge < -0.3 is 19.5 Å². The monoisotopic (exact) mass is 420 g/mol. The number of hydrogen-bond donors (Lipinski definition) is 1. The second-order valence-electron chi connectivity index (χ2n) is 7.73. The third kappa shape index (κ3) is 6.31. The molecule has 0 radical (unpaired) electrons. The third-order valence-electron chi connectivity index (χ3n) is 5.31. The first-order valence-corrected chi connectivity index (χ1v) is 10.5. The van der Waals surface area contributed by atoms with Crippen molar-refractivity contribution in [1.82, 2.24) is 25.0 Å². The topological polar surface area (TPSA) is 67.6 Å². The summed E-state index contributed by atoms with van der Waals surface area (Å²) in [7, 11) is 5.70. The molecule has 1 heterocycles. The van der Waals surface area contributed by atoms with Gasteiger partial charge in [-0.15, -0.1) is 10.2 Å². The summed E-state index contributed by atoms with van der Waals surface area (Å²) in [6.45, 7) is 6.07. The molecule has 0 amide bonds. The van der Waals surface area contributed by atoms with Crippen LogP contribution in [0.25, 0.3) is 0 Å². The molecule has 3 aromatic rings. The van der Waals surface area contributed by atoms with Crippen molar-refractivity contribution in [2.45, 2.75) is 33.4 Å². The molecule has 3 rings (SSSR count). The van der Waals surface area contributed by atoms with E-state index in [1.807, 2.05) is 30.7 Å². The van der Waals surface area contributed by atoms with E-state index in [2.05, 4.69) is 70.8 Å². The van der Waals surface area contributed by atoms with E-state index >= 15 is 0 Å². The number of aromatic nitrogens is 3. The first-order chi connectivity index (χ1) is 15.0. The van der Waals surface area contributed by atoms with Gasteiger partial charge in [0, 0.05) is 27.2 Å². The molecule has 1 N–H and O–H groups in total. The zero-order chi connectivity index (χ0) is 22.2. The van der Waals surface area contributed by atoms with Crippen molar-refractivity contribution in [1.29, 1.82) is 0 Å². The molecule has 0 saturated carbocycles. The summed E-state index contributed by atoms with van der Waals surface area (Å²) in [5.74, 6) is 3.44. The van der Waals surface area contributed by atoms with Crippen molar-refractivity contribution in [3.63, 3.8) is 0 Å². The molecule has 0 aliphatic heterocycles. The normalized spacial score (nSPS) is 11.5. The van der Waals surface area contributed by atoms with Crippen molar-refractivity contribution in [3.8, 4) is 5.75 Å². The Morgan fingerprint density at radius 1 is 1.03 bits per heavy atom. The number of methoxy groups -OCH3 is 1. The van der Waals surface area contributed by atoms with Crippen molar-refractivity contribution < 1.29 is 4.74 Å². The number of hydrogen-bond acceptors (Lipinski definition) is 4. The minimum atomic E-state index is 0.473. The number of benzene rings is 2. The largest absolute Gasteiger partial charge is 0.497 e. The summed E-state index contributed by atoms with van der Waals surface area (Å²) in [5.41, 5.74) is 3.75. The van der Waals surface area contributed by atoms with Crippen LogP contribution in [0.1, 0.15) is 28.3 Å². The highest BCUT2D eigenvalue weighted by atomic mass is 16.5. The summed E-state index contributed by atoms with van der Waals surface area (Å²) in [4.78, 5) is 6.97. The maximum Gasteiger partial charge on any atom is 0.194 e. The number of ether oxygens (including phenoxy) is 1. The van der Waals surface area contributed by atoms with E-state index in [-0.39, 0.29) is 0 Å². The molecule has 31 heavy (non-hydrogen) atoms. The lowest BCUT2D eigenvalue weighted by atomic mass is 10.1. The molecule has 0 bridgehead atoms. The summed E-state index contributed by atoms with van der Waals surface area (Å²) in [5, 5.41) is 11.9. The number of guanidine groups is 1. The first kappa shape index (κ1) is 22.3. The fraction of sp³-hybridized carbons (Fsp3) is 0.375. The SMILES string of the molecule is COc1ccc(CCNC(=NCc2nnc(C)n2C)N(C)Cc2ccc(C)cc2)cc1. The molecule has 0 fully saturated rings. The van der Waals surface area contributed by atoms with Crippen LogP contribution in [0.4, 0.5) is 0 Å². The molecule has 0 unspecified atom stereocenters. The van der Waals surface area contributed by atoms with E-state index in [4.69, 9.17) is 9.73 Å². The summed E-state index contributed by atoms with van der Waals surface area (Å²) in [6, 6.07) is 16.8. The molecular formula is C24H32N6O. The quantitative estimate of drug-likeness (QED) is 0.448. The van der Waals surface area contributed by atoms with Crippen molar-refractivity contribution in [3.05, 3.63) is 76.9 Å². The van der Waals surface area contributed by atoms with E-state index in [1.165, 1.54) is 16.7 Å². The molecule has 7 heteroatoms. The van der Waals surface area contributed by atoms with E-state index in [0.717, 1.165) is 42.9 Å². The maximum absolute atomic E-state index is 5.24. The second-order valence-corrected chi connectivity index (χ2v) is 7.73. The van der Waals surface area contributed by atoms with Crippen LogP contribution < -0.4 is 10.1 Å². The lowest BCUT2D eigenvalue weighted by molar-refractivity contribution is 0.414. The molecule has 0 aliphatic carbocycles. The number of aliphatic imine (C=N–C) groups is 1. The van der Waals surface area contributed by atoms with Gasteiger partial charge in [0.05, 0.1) is 7.11 Å². The van der Waals surface area contributed by atoms with Gasteiger partial charge in [0.15, 0.2) is 11.8 Å². The number of nitrogens with zero attached hydrogens (tertiary/aromatic N) is 5. The van der Waals surface area contributed by atoms with Gasteiger partial charge in [-0.1, -0.05) is 42.0 Å². The van der Waals surface area contributed by atoms with Gasteiger partial charge in [-0.3, -0.25) is 0 Å². The summed E-state index contributed by atoms with van der Waals surface area (Å²) < 4.78 is 7.21. The Kier molecular flexibility index (Phi) is 7.65. The summed E-state index contributed by atoms with van der Waals surface area (Å²) in [6.07, 6.45) is 0.893. The molecule has 1 aromatic heterocycles. The second kappa shape index (κ2) is 10.6. The first-order valence-electron chi connectivity index (χ1n) is 10.5. The van der Waals surface area contributed by atoms with Crippen LogP contribution in [0.5, 0.6) is 5.75 Å². The predicted octanol–water partition coefficient (Wildman–Crippen LogP) is 3.26. The number of aryl methyl sites for hydroxylation is 2. The van der Waals surface area contributed by atoms with Crippen molar-refractivity contribution in [2.24, 2.45) is 12.0 Å². The van der Waals surface area contributed by atoms with Gasteiger partial charge in [-0.25, -0.2) is 4.99 Å². The highest BCUT2D eigenvalue weighted by Crippen LogP contribution is 2.11. The van der Waals surface area contributed by atoms with Crippen LogP contribution in [-0.2, 0) is 26.6 Å². The molecule has 0 aliphatic rings. The Balaban J connectivity index is 1.68. The standard InChI is InChI=1S/C24H32N6O/c1-18-6-8-21(9-7-18)17-29(3)24(26-16-23-28-27-19(2)30(23)4)25-15-14-20-10-12-22(31-5)13-11-20/h6-13H,14-17H2,1-5H3,(H,25,26). The van der Waals surface area contributed by atoms with Gasteiger partial charge >= 0.3 is 0 Å². The zero-order valence-corrected chi connectivity index (χ0v) is 19.1. The minimum absolute atomic E-state index is 0.473. The van der Waals surface area contributed by atoms with Crippen molar-refractivity contribution >= 4 is 5.96 Å². The van der Waals surface area contributed by atoms with Crippen LogP contribution >= 0.6 is 0 Å². The molecule has 0 spiro atoms. The molecule has 164 valence electrons. The predicted molar refractivity (Wildman–Crippen MR) is 124 cm³/mol. The Hall–Kier alpha value is -3.35. The van der Waals surface area contributed by atoms with Crippen LogP contribution in [0.2, 0.25) is 0 Å². The lowest BCUT2D eigenvalue weighted by Crippen LogP contribution is -2.39. The average Bonchev–Trinajstić information content (AvgIpc) is 3.10. The Morgan fingerprint density at radius 3 is 2.32 bits per heavy atom. The van der Waals surface area contributed by atoms with Gasteiger partial charge in [0.1, 0.15) is 18.1 Å². The Labute approximate surface area is 184 Å². The number of nitrogens with one attached hydrogen (secondary N) is 1. The molecular weight excluding hydrogens is 388 g/mol. The molecule has 0 saturated heterocycles. The van der Waals surface area contributed by atoms with E-state index in [0.29, 0.717) is 6.54 Å². The van der Waals surface area contributed by atoms with Crippen LogP contribution in [0, 0.1) is 13.8 Å². The zero-order valence-electron chi connectivity index (χ0n) is 19.1. The van der Waals surface area contributed by atoms with E-state index < -0.39 is 0 Å². The maximum atomic E-state index is 5.24. The fourth-order valence-electron chi connectivity index (χ4n) is 3.20. The fourth-order valence-corrected chi connectivity index (χ4v) is 3.20. The Bertz CT molecular complexity index is 992. The molecule has 0 atom stereocenters. The van der Waals surface area contributed by atoms with Gasteiger partial charge in [-0.2, -0.15) is 0 Å². The lowest BCUT2D eigenvalue weighted by Gasteiger charge is -2.23. The third-order valence-corrected chi connectivity index (χ3v) is 5.31. The highest BCUT2D eigenvalue weighted by molar-refractivity contribution is 5.79. The van der Waals surface area contributed by atoms with Gasteiger partial charge in [0.2, 0.25) is 0 Å². The molecule has 7 nitrogen and oxygen atoms in total. The number of rotatable bonds is 8. The highest BCUT2D eigenvalue weighted by Gasteiger charge is 2.10. The van der Waals surface area contributed by atoms with E-state index in [1.54, 1.807) is 7.11 Å². The van der Waals surface area contributed by atoms with Gasteiger partial charge in [0.25, 0.3) is 0 Å². The average molecular weight is 421 g/mol. The van der Waals surface area contributed by atoms with E-state index in [9.17, 15) is 0 Å².